The maximum atomic E-state index is 8.93. The molecular formula is C19H19N5. The molecule has 4 rings (SSSR count). The third-order valence-electron chi connectivity index (χ3n) is 4.92. The topological polar surface area (TPSA) is 68.6 Å². The maximum Gasteiger partial charge on any atom is 0.159 e. The number of aromatic nitrogens is 3. The van der Waals surface area contributed by atoms with Crippen LogP contribution in [0.5, 0.6) is 0 Å². The summed E-state index contributed by atoms with van der Waals surface area (Å²) in [5.74, 6) is 0.423. The molecule has 4 heterocycles. The number of aromatic amines is 1. The molecule has 120 valence electrons. The van der Waals surface area contributed by atoms with E-state index in [0.717, 1.165) is 48.2 Å². The van der Waals surface area contributed by atoms with E-state index >= 15 is 0 Å². The Labute approximate surface area is 140 Å². The van der Waals surface area contributed by atoms with Crippen LogP contribution in [0.3, 0.4) is 0 Å². The van der Waals surface area contributed by atoms with E-state index in [1.165, 1.54) is 10.9 Å². The lowest BCUT2D eigenvalue weighted by Gasteiger charge is -2.35. The van der Waals surface area contributed by atoms with E-state index in [1.807, 2.05) is 24.7 Å². The minimum atomic E-state index is 0.400. The van der Waals surface area contributed by atoms with Gasteiger partial charge in [-0.2, -0.15) is 5.26 Å². The van der Waals surface area contributed by atoms with Gasteiger partial charge < -0.3 is 9.88 Å². The Balaban J connectivity index is 1.77. The van der Waals surface area contributed by atoms with Crippen LogP contribution >= 0.6 is 0 Å². The summed E-state index contributed by atoms with van der Waals surface area (Å²) >= 11 is 0. The number of pyridine rings is 2. The van der Waals surface area contributed by atoms with Crippen LogP contribution in [0.15, 0.2) is 43.0 Å². The highest BCUT2D eigenvalue weighted by Crippen LogP contribution is 2.35. The van der Waals surface area contributed by atoms with Crippen LogP contribution in [-0.4, -0.2) is 32.9 Å². The molecule has 3 aromatic rings. The monoisotopic (exact) mass is 317 g/mol. The number of H-pyrrole nitrogens is 1. The summed E-state index contributed by atoms with van der Waals surface area (Å²) in [6.45, 7) is 5.98. The number of hydrogen-bond donors (Lipinski definition) is 1. The van der Waals surface area contributed by atoms with Gasteiger partial charge >= 0.3 is 0 Å². The van der Waals surface area contributed by atoms with Gasteiger partial charge in [0.05, 0.1) is 24.2 Å². The van der Waals surface area contributed by atoms with Crippen LogP contribution in [0.25, 0.3) is 21.9 Å². The standard InChI is InChI=1S/C19H19N5/c1-13(4-7-20)24-10-2-3-14(12-24)15-5-8-21-17-11-23-19-16(18(15)17)6-9-22-19/h5-6,8-9,11,14,21H,1-4,10,12H2. The van der Waals surface area contributed by atoms with Crippen LogP contribution < -0.4 is 0 Å². The van der Waals surface area contributed by atoms with Crippen molar-refractivity contribution in [2.24, 2.45) is 0 Å². The fourth-order valence-electron chi connectivity index (χ4n) is 3.75. The summed E-state index contributed by atoms with van der Waals surface area (Å²) in [4.78, 5) is 14.3. The highest BCUT2D eigenvalue weighted by Gasteiger charge is 2.24. The molecule has 5 nitrogen and oxygen atoms in total. The molecule has 0 aromatic carbocycles. The van der Waals surface area contributed by atoms with E-state index in [1.54, 1.807) is 0 Å². The molecule has 0 bridgehead atoms. The van der Waals surface area contributed by atoms with E-state index in [4.69, 9.17) is 5.26 Å². The summed E-state index contributed by atoms with van der Waals surface area (Å²) in [7, 11) is 0. The lowest BCUT2D eigenvalue weighted by Crippen LogP contribution is -2.33. The zero-order valence-electron chi connectivity index (χ0n) is 13.5. The Kier molecular flexibility index (Phi) is 3.66. The summed E-state index contributed by atoms with van der Waals surface area (Å²) in [5, 5.41) is 11.3. The number of nitriles is 1. The van der Waals surface area contributed by atoms with Crippen LogP contribution in [0.1, 0.15) is 30.7 Å². The van der Waals surface area contributed by atoms with Gasteiger partial charge in [0, 0.05) is 47.9 Å². The van der Waals surface area contributed by atoms with Gasteiger partial charge in [0.25, 0.3) is 0 Å². The molecule has 1 aliphatic rings. The Bertz CT molecular complexity index is 949. The average Bonchev–Trinajstić information content (AvgIpc) is 3.10. The minimum absolute atomic E-state index is 0.400. The van der Waals surface area contributed by atoms with E-state index < -0.39 is 0 Å². The predicted molar refractivity (Wildman–Crippen MR) is 94.3 cm³/mol. The van der Waals surface area contributed by atoms with Crippen molar-refractivity contribution in [3.8, 4) is 6.07 Å². The van der Waals surface area contributed by atoms with Crippen molar-refractivity contribution in [1.82, 2.24) is 19.9 Å². The zero-order valence-corrected chi connectivity index (χ0v) is 13.5. The molecule has 1 saturated heterocycles. The molecule has 0 radical (unpaired) electrons. The highest BCUT2D eigenvalue weighted by molar-refractivity contribution is 6.05. The maximum absolute atomic E-state index is 8.93. The molecule has 3 aromatic heterocycles. The molecule has 0 amide bonds. The Morgan fingerprint density at radius 1 is 1.42 bits per heavy atom. The molecule has 1 atom stereocenters. The van der Waals surface area contributed by atoms with Crippen LogP contribution in [0.4, 0.5) is 0 Å². The van der Waals surface area contributed by atoms with Gasteiger partial charge in [-0.15, -0.1) is 0 Å². The van der Waals surface area contributed by atoms with E-state index in [0.29, 0.717) is 12.3 Å². The summed E-state index contributed by atoms with van der Waals surface area (Å²) in [6, 6.07) is 6.42. The third-order valence-corrected chi connectivity index (χ3v) is 4.92. The van der Waals surface area contributed by atoms with E-state index in [9.17, 15) is 0 Å². The van der Waals surface area contributed by atoms with Crippen molar-refractivity contribution in [1.29, 1.82) is 5.26 Å². The molecule has 0 spiro atoms. The Morgan fingerprint density at radius 2 is 2.33 bits per heavy atom. The predicted octanol–water partition coefficient (Wildman–Crippen LogP) is 3.72. The molecule has 0 saturated carbocycles. The fourth-order valence-corrected chi connectivity index (χ4v) is 3.75. The lowest BCUT2D eigenvalue weighted by molar-refractivity contribution is 0.257. The first kappa shape index (κ1) is 14.7. The van der Waals surface area contributed by atoms with Gasteiger partial charge in [-0.3, -0.25) is 0 Å². The number of rotatable bonds is 3. The lowest BCUT2D eigenvalue weighted by atomic mass is 9.88. The SMILES string of the molecule is C=C(CC#N)N1CCCC(c2cc[nH]c3cnc4nccc4c23)C1. The number of nitrogens with zero attached hydrogens (tertiary/aromatic N) is 4. The molecule has 1 aliphatic heterocycles. The number of allylic oxidation sites excluding steroid dienone is 1. The smallest absolute Gasteiger partial charge is 0.159 e. The highest BCUT2D eigenvalue weighted by atomic mass is 15.1. The van der Waals surface area contributed by atoms with Crippen molar-refractivity contribution < 1.29 is 0 Å². The minimum Gasteiger partial charge on any atom is -0.374 e. The van der Waals surface area contributed by atoms with Crippen LogP contribution in [-0.2, 0) is 0 Å². The van der Waals surface area contributed by atoms with Crippen molar-refractivity contribution in [2.75, 3.05) is 13.1 Å². The van der Waals surface area contributed by atoms with Crippen molar-refractivity contribution in [3.05, 3.63) is 48.6 Å². The normalized spacial score (nSPS) is 18.0. The largest absolute Gasteiger partial charge is 0.374 e. The zero-order chi connectivity index (χ0) is 16.5. The number of fused-ring (bicyclic) bond motifs is 3. The van der Waals surface area contributed by atoms with Crippen LogP contribution in [0.2, 0.25) is 0 Å². The van der Waals surface area contributed by atoms with Gasteiger partial charge in [-0.25, -0.2) is 9.97 Å². The second-order valence-corrected chi connectivity index (χ2v) is 6.35. The van der Waals surface area contributed by atoms with Crippen molar-refractivity contribution >= 4 is 21.9 Å². The Hall–Kier alpha value is -2.87. The number of hydrogen-bond acceptors (Lipinski definition) is 4. The second kappa shape index (κ2) is 5.97. The number of likely N-dealkylation sites (tertiary alicyclic amines) is 1. The Morgan fingerprint density at radius 3 is 3.21 bits per heavy atom. The number of piperidine rings is 1. The van der Waals surface area contributed by atoms with Gasteiger partial charge in [-0.05, 0) is 30.5 Å². The first-order valence-electron chi connectivity index (χ1n) is 8.28. The third kappa shape index (κ3) is 2.41. The fraction of sp³-hybridized carbons (Fsp3) is 0.316. The first-order valence-corrected chi connectivity index (χ1v) is 8.28. The summed E-state index contributed by atoms with van der Waals surface area (Å²) in [6.07, 6.45) is 8.33. The van der Waals surface area contributed by atoms with E-state index in [-0.39, 0.29) is 0 Å². The van der Waals surface area contributed by atoms with Crippen LogP contribution in [0, 0.1) is 11.3 Å². The van der Waals surface area contributed by atoms with Gasteiger partial charge in [-0.1, -0.05) is 6.58 Å². The quantitative estimate of drug-likeness (QED) is 0.799. The summed E-state index contributed by atoms with van der Waals surface area (Å²) < 4.78 is 0. The second-order valence-electron chi connectivity index (χ2n) is 6.35. The molecule has 1 fully saturated rings. The first-order chi connectivity index (χ1) is 11.8. The molecular weight excluding hydrogens is 298 g/mol. The van der Waals surface area contributed by atoms with Crippen molar-refractivity contribution in [2.45, 2.75) is 25.2 Å². The summed E-state index contributed by atoms with van der Waals surface area (Å²) in [5.41, 5.74) is 4.10. The number of nitrogens with one attached hydrogen (secondary N) is 1. The van der Waals surface area contributed by atoms with Gasteiger partial charge in [0.15, 0.2) is 5.65 Å². The molecule has 1 unspecified atom stereocenters. The molecule has 0 aliphatic carbocycles. The molecule has 1 N–H and O–H groups in total. The average molecular weight is 317 g/mol. The van der Waals surface area contributed by atoms with Gasteiger partial charge in [0.2, 0.25) is 0 Å². The molecule has 24 heavy (non-hydrogen) atoms. The van der Waals surface area contributed by atoms with E-state index in [2.05, 4.69) is 38.6 Å². The molecule has 5 heteroatoms. The van der Waals surface area contributed by atoms with Gasteiger partial charge in [0.1, 0.15) is 0 Å². The van der Waals surface area contributed by atoms with Crippen molar-refractivity contribution in [3.63, 3.8) is 0 Å².